The number of benzene rings is 1. The van der Waals surface area contributed by atoms with Crippen LogP contribution in [0.1, 0.15) is 19.7 Å². The van der Waals surface area contributed by atoms with Crippen molar-refractivity contribution in [3.63, 3.8) is 0 Å². The second-order valence-electron chi connectivity index (χ2n) is 5.27. The van der Waals surface area contributed by atoms with Crippen molar-refractivity contribution in [2.75, 3.05) is 6.61 Å². The quantitative estimate of drug-likeness (QED) is 0.702. The third-order valence-corrected chi connectivity index (χ3v) is 3.49. The summed E-state index contributed by atoms with van der Waals surface area (Å²) in [6, 6.07) is 9.20. The first-order chi connectivity index (χ1) is 12.2. The third kappa shape index (κ3) is 3.85. The Labute approximate surface area is 144 Å². The summed E-state index contributed by atoms with van der Waals surface area (Å²) < 4.78 is 12.8. The maximum absolute atomic E-state index is 12.2. The lowest BCUT2D eigenvalue weighted by Gasteiger charge is -2.14. The van der Waals surface area contributed by atoms with Crippen LogP contribution in [0.25, 0.3) is 5.65 Å². The molecule has 2 heterocycles. The van der Waals surface area contributed by atoms with E-state index in [1.807, 2.05) is 25.1 Å². The zero-order chi connectivity index (χ0) is 17.6. The van der Waals surface area contributed by atoms with Crippen LogP contribution >= 0.6 is 0 Å². The van der Waals surface area contributed by atoms with Crippen LogP contribution in [0, 0.1) is 0 Å². The van der Waals surface area contributed by atoms with E-state index in [2.05, 4.69) is 20.5 Å². The molecule has 1 aromatic carbocycles. The summed E-state index contributed by atoms with van der Waals surface area (Å²) in [7, 11) is 0. The molecule has 8 heteroatoms. The number of ether oxygens (including phenoxy) is 2. The first-order valence-corrected chi connectivity index (χ1v) is 8.00. The Kier molecular flexibility index (Phi) is 5.08. The normalized spacial score (nSPS) is 11.9. The number of carbonyl (C=O) groups excluding carboxylic acids is 1. The number of nitrogens with zero attached hydrogens (tertiary/aromatic N) is 4. The van der Waals surface area contributed by atoms with Crippen molar-refractivity contribution in [1.29, 1.82) is 0 Å². The number of fused-ring (bicyclic) bond motifs is 1. The van der Waals surface area contributed by atoms with Crippen LogP contribution < -0.4 is 14.8 Å². The van der Waals surface area contributed by atoms with Gasteiger partial charge in [0.25, 0.3) is 11.8 Å². The van der Waals surface area contributed by atoms with Gasteiger partial charge >= 0.3 is 0 Å². The highest BCUT2D eigenvalue weighted by Gasteiger charge is 2.16. The van der Waals surface area contributed by atoms with Gasteiger partial charge in [-0.25, -0.2) is 4.98 Å². The Hall–Kier alpha value is -3.16. The van der Waals surface area contributed by atoms with Crippen LogP contribution in [0.3, 0.4) is 0 Å². The second-order valence-corrected chi connectivity index (χ2v) is 5.27. The molecule has 0 aliphatic heterocycles. The minimum Gasteiger partial charge on any atom is -0.481 e. The van der Waals surface area contributed by atoms with Gasteiger partial charge in [-0.3, -0.25) is 9.20 Å². The molecule has 0 aliphatic carbocycles. The van der Waals surface area contributed by atoms with Crippen molar-refractivity contribution in [2.24, 2.45) is 0 Å². The van der Waals surface area contributed by atoms with E-state index in [-0.39, 0.29) is 12.5 Å². The van der Waals surface area contributed by atoms with Crippen molar-refractivity contribution in [3.8, 4) is 11.6 Å². The highest BCUT2D eigenvalue weighted by Crippen LogP contribution is 2.15. The van der Waals surface area contributed by atoms with Crippen LogP contribution in [0.5, 0.6) is 11.6 Å². The summed E-state index contributed by atoms with van der Waals surface area (Å²) in [5.74, 6) is 1.40. The molecule has 25 heavy (non-hydrogen) atoms. The van der Waals surface area contributed by atoms with E-state index in [0.29, 0.717) is 29.7 Å². The largest absolute Gasteiger partial charge is 0.481 e. The molecule has 0 saturated carbocycles. The average Bonchev–Trinajstić information content (AvgIpc) is 3.05. The molecule has 1 unspecified atom stereocenters. The summed E-state index contributed by atoms with van der Waals surface area (Å²) >= 11 is 0. The van der Waals surface area contributed by atoms with Crippen LogP contribution in [0.2, 0.25) is 0 Å². The van der Waals surface area contributed by atoms with Gasteiger partial charge in [-0.05, 0) is 26.0 Å². The van der Waals surface area contributed by atoms with Crippen LogP contribution in [0.15, 0.2) is 42.7 Å². The first-order valence-electron chi connectivity index (χ1n) is 8.00. The van der Waals surface area contributed by atoms with Gasteiger partial charge in [-0.1, -0.05) is 18.2 Å². The van der Waals surface area contributed by atoms with E-state index in [1.54, 1.807) is 35.9 Å². The monoisotopic (exact) mass is 341 g/mol. The molecule has 0 aliphatic rings. The van der Waals surface area contributed by atoms with E-state index >= 15 is 0 Å². The summed E-state index contributed by atoms with van der Waals surface area (Å²) in [4.78, 5) is 16.3. The highest BCUT2D eigenvalue weighted by atomic mass is 16.5. The number of carbonyl (C=O) groups is 1. The minimum absolute atomic E-state index is 0.220. The summed E-state index contributed by atoms with van der Waals surface area (Å²) in [6.07, 6.45) is 2.71. The number of aromatic nitrogens is 4. The number of rotatable bonds is 7. The number of hydrogen-bond donors (Lipinski definition) is 1. The predicted octanol–water partition coefficient (Wildman–Crippen LogP) is 1.61. The molecule has 3 aromatic rings. The fraction of sp³-hybridized carbons (Fsp3) is 0.294. The molecule has 0 fully saturated rings. The van der Waals surface area contributed by atoms with E-state index in [0.717, 1.165) is 0 Å². The number of nitrogens with one attached hydrogen (secondary N) is 1. The zero-order valence-electron chi connectivity index (χ0n) is 14.0. The molecule has 0 saturated heterocycles. The Morgan fingerprint density at radius 1 is 1.28 bits per heavy atom. The van der Waals surface area contributed by atoms with Crippen LogP contribution in [0.4, 0.5) is 0 Å². The molecule has 3 rings (SSSR count). The Morgan fingerprint density at radius 3 is 2.84 bits per heavy atom. The maximum Gasteiger partial charge on any atom is 0.261 e. The average molecular weight is 341 g/mol. The molecular weight excluding hydrogens is 322 g/mol. The van der Waals surface area contributed by atoms with Crippen LogP contribution in [-0.2, 0) is 11.3 Å². The summed E-state index contributed by atoms with van der Waals surface area (Å²) in [5.41, 5.74) is 0.516. The smallest absolute Gasteiger partial charge is 0.261 e. The predicted molar refractivity (Wildman–Crippen MR) is 90.3 cm³/mol. The molecule has 1 N–H and O–H groups in total. The molecule has 0 radical (unpaired) electrons. The van der Waals surface area contributed by atoms with E-state index in [4.69, 9.17) is 9.47 Å². The minimum atomic E-state index is -0.623. The molecule has 0 bridgehead atoms. The highest BCUT2D eigenvalue weighted by molar-refractivity contribution is 5.80. The second kappa shape index (κ2) is 7.61. The lowest BCUT2D eigenvalue weighted by Crippen LogP contribution is -2.36. The van der Waals surface area contributed by atoms with Crippen molar-refractivity contribution >= 4 is 11.6 Å². The Bertz CT molecular complexity index is 850. The third-order valence-electron chi connectivity index (χ3n) is 3.49. The topological polar surface area (TPSA) is 90.6 Å². The van der Waals surface area contributed by atoms with E-state index < -0.39 is 6.10 Å². The van der Waals surface area contributed by atoms with Crippen molar-refractivity contribution in [1.82, 2.24) is 24.9 Å². The van der Waals surface area contributed by atoms with Crippen molar-refractivity contribution in [3.05, 3.63) is 48.5 Å². The fourth-order valence-corrected chi connectivity index (χ4v) is 2.28. The molecule has 1 amide bonds. The van der Waals surface area contributed by atoms with Gasteiger partial charge in [-0.15, -0.1) is 10.2 Å². The number of hydrogen-bond acceptors (Lipinski definition) is 6. The lowest BCUT2D eigenvalue weighted by molar-refractivity contribution is -0.127. The fourth-order valence-electron chi connectivity index (χ4n) is 2.28. The van der Waals surface area contributed by atoms with Crippen molar-refractivity contribution < 1.29 is 14.3 Å². The molecule has 0 spiro atoms. The number of para-hydroxylation sites is 1. The van der Waals surface area contributed by atoms with Gasteiger partial charge in [0.15, 0.2) is 11.9 Å². The standard InChI is InChI=1S/C17H19N5O3/c1-3-24-17-15-21-20-14(22(15)10-9-18-17)11-19-16(23)12(2)25-13-7-5-4-6-8-13/h4-10,12H,3,11H2,1-2H3,(H,19,23). The Morgan fingerprint density at radius 2 is 2.08 bits per heavy atom. The summed E-state index contributed by atoms with van der Waals surface area (Å²) in [5, 5.41) is 11.0. The van der Waals surface area contributed by atoms with Crippen molar-refractivity contribution in [2.45, 2.75) is 26.5 Å². The van der Waals surface area contributed by atoms with E-state index in [1.165, 1.54) is 0 Å². The molecule has 2 aromatic heterocycles. The molecule has 130 valence electrons. The molecule has 1 atom stereocenters. The molecular formula is C17H19N5O3. The van der Waals surface area contributed by atoms with E-state index in [9.17, 15) is 4.79 Å². The van der Waals surface area contributed by atoms with Gasteiger partial charge in [0.05, 0.1) is 13.2 Å². The van der Waals surface area contributed by atoms with Gasteiger partial charge in [0, 0.05) is 12.4 Å². The molecule has 8 nitrogen and oxygen atoms in total. The van der Waals surface area contributed by atoms with Gasteiger partial charge in [0.2, 0.25) is 5.65 Å². The zero-order valence-corrected chi connectivity index (χ0v) is 14.0. The maximum atomic E-state index is 12.2. The summed E-state index contributed by atoms with van der Waals surface area (Å²) in [6.45, 7) is 4.27. The van der Waals surface area contributed by atoms with Gasteiger partial charge in [-0.2, -0.15) is 0 Å². The first kappa shape index (κ1) is 16.7. The Balaban J connectivity index is 1.64. The lowest BCUT2D eigenvalue weighted by atomic mass is 10.3. The number of amides is 1. The van der Waals surface area contributed by atoms with Gasteiger partial charge in [0.1, 0.15) is 5.75 Å². The van der Waals surface area contributed by atoms with Gasteiger partial charge < -0.3 is 14.8 Å². The van der Waals surface area contributed by atoms with Crippen LogP contribution in [-0.4, -0.2) is 38.2 Å². The SMILES string of the molecule is CCOc1nccn2c(CNC(=O)C(C)Oc3ccccc3)nnc12.